The van der Waals surface area contributed by atoms with E-state index in [4.69, 9.17) is 0 Å². The quantitative estimate of drug-likeness (QED) is 0.734. The lowest BCUT2D eigenvalue weighted by Gasteiger charge is -2.25. The Kier molecular flexibility index (Phi) is 5.06. The van der Waals surface area contributed by atoms with E-state index in [0.717, 1.165) is 24.9 Å². The molecule has 1 unspecified atom stereocenters. The van der Waals surface area contributed by atoms with E-state index in [1.54, 1.807) is 0 Å². The van der Waals surface area contributed by atoms with Crippen LogP contribution >= 0.6 is 0 Å². The van der Waals surface area contributed by atoms with Crippen LogP contribution in [0.1, 0.15) is 33.1 Å². The summed E-state index contributed by atoms with van der Waals surface area (Å²) in [5, 5.41) is 1.21. The number of unbranched alkanes of at least 4 members (excludes halogenated alkanes) is 1. The standard InChI is InChI=1S/C13H22OSi/c1-3-5-12-15(14,11-4-2)13-9-7-6-8-10-13/h6-10,14H,3-5,11-12H2,1-2H3. The molecule has 0 aromatic heterocycles. The van der Waals surface area contributed by atoms with Crippen LogP contribution < -0.4 is 5.19 Å². The van der Waals surface area contributed by atoms with Crippen LogP contribution in [0.25, 0.3) is 0 Å². The van der Waals surface area contributed by atoms with Gasteiger partial charge in [0, 0.05) is 0 Å². The van der Waals surface area contributed by atoms with E-state index in [9.17, 15) is 4.80 Å². The van der Waals surface area contributed by atoms with Gasteiger partial charge in [-0.15, -0.1) is 0 Å². The molecule has 0 radical (unpaired) electrons. The van der Waals surface area contributed by atoms with Crippen molar-refractivity contribution in [1.29, 1.82) is 0 Å². The van der Waals surface area contributed by atoms with E-state index >= 15 is 0 Å². The molecule has 2 heteroatoms. The van der Waals surface area contributed by atoms with Gasteiger partial charge in [0.05, 0.1) is 0 Å². The SMILES string of the molecule is CCCC[Si](O)(CCC)c1ccccc1. The minimum Gasteiger partial charge on any atom is -0.427 e. The lowest BCUT2D eigenvalue weighted by Crippen LogP contribution is -2.47. The van der Waals surface area contributed by atoms with Crippen molar-refractivity contribution in [2.75, 3.05) is 0 Å². The molecule has 1 aromatic rings. The number of hydrogen-bond acceptors (Lipinski definition) is 1. The van der Waals surface area contributed by atoms with E-state index in [1.807, 2.05) is 18.2 Å². The fraction of sp³-hybridized carbons (Fsp3) is 0.538. The molecular formula is C13H22OSi. The lowest BCUT2D eigenvalue weighted by molar-refractivity contribution is 0.537. The second-order valence-electron chi connectivity index (χ2n) is 4.25. The zero-order valence-electron chi connectivity index (χ0n) is 9.87. The largest absolute Gasteiger partial charge is 0.427 e. The smallest absolute Gasteiger partial charge is 0.220 e. The molecule has 0 saturated carbocycles. The summed E-state index contributed by atoms with van der Waals surface area (Å²) in [6.07, 6.45) is 3.41. The van der Waals surface area contributed by atoms with Gasteiger partial charge in [0.2, 0.25) is 8.32 Å². The number of benzene rings is 1. The monoisotopic (exact) mass is 222 g/mol. The summed E-state index contributed by atoms with van der Waals surface area (Å²) in [7, 11) is -2.15. The first-order valence-corrected chi connectivity index (χ1v) is 8.37. The Bertz CT molecular complexity index is 273. The Labute approximate surface area is 94.3 Å². The first kappa shape index (κ1) is 12.5. The molecule has 0 amide bonds. The molecule has 0 aliphatic carbocycles. The maximum Gasteiger partial charge on any atom is 0.220 e. The molecule has 1 rings (SSSR count). The van der Waals surface area contributed by atoms with Gasteiger partial charge in [-0.1, -0.05) is 63.4 Å². The summed E-state index contributed by atoms with van der Waals surface area (Å²) in [5.41, 5.74) is 0. The highest BCUT2D eigenvalue weighted by Gasteiger charge is 2.31. The Morgan fingerprint density at radius 1 is 1.00 bits per heavy atom. The first-order chi connectivity index (χ1) is 7.23. The van der Waals surface area contributed by atoms with Crippen molar-refractivity contribution < 1.29 is 4.80 Å². The van der Waals surface area contributed by atoms with Crippen molar-refractivity contribution >= 4 is 13.5 Å². The van der Waals surface area contributed by atoms with Gasteiger partial charge in [0.1, 0.15) is 0 Å². The molecular weight excluding hydrogens is 200 g/mol. The maximum absolute atomic E-state index is 10.8. The van der Waals surface area contributed by atoms with E-state index in [1.165, 1.54) is 11.6 Å². The van der Waals surface area contributed by atoms with Crippen molar-refractivity contribution in [1.82, 2.24) is 0 Å². The van der Waals surface area contributed by atoms with Gasteiger partial charge in [-0.2, -0.15) is 0 Å². The Morgan fingerprint density at radius 2 is 1.67 bits per heavy atom. The van der Waals surface area contributed by atoms with Crippen molar-refractivity contribution in [3.63, 3.8) is 0 Å². The Balaban J connectivity index is 2.80. The molecule has 0 heterocycles. The maximum atomic E-state index is 10.8. The van der Waals surface area contributed by atoms with E-state index in [0.29, 0.717) is 0 Å². The van der Waals surface area contributed by atoms with Crippen LogP contribution in [0.5, 0.6) is 0 Å². The van der Waals surface area contributed by atoms with Crippen molar-refractivity contribution in [3.8, 4) is 0 Å². The number of rotatable bonds is 6. The third-order valence-electron chi connectivity index (χ3n) is 2.92. The predicted octanol–water partition coefficient (Wildman–Crippen LogP) is 3.04. The molecule has 84 valence electrons. The van der Waals surface area contributed by atoms with Crippen LogP contribution in [-0.4, -0.2) is 13.1 Å². The van der Waals surface area contributed by atoms with Crippen LogP contribution in [0.2, 0.25) is 12.1 Å². The molecule has 1 nitrogen and oxygen atoms in total. The zero-order valence-corrected chi connectivity index (χ0v) is 10.9. The summed E-state index contributed by atoms with van der Waals surface area (Å²) in [4.78, 5) is 10.8. The molecule has 0 aliphatic rings. The van der Waals surface area contributed by atoms with Crippen LogP contribution in [0.4, 0.5) is 0 Å². The van der Waals surface area contributed by atoms with E-state index in [2.05, 4.69) is 26.0 Å². The Morgan fingerprint density at radius 3 is 2.20 bits per heavy atom. The molecule has 0 fully saturated rings. The molecule has 1 N–H and O–H groups in total. The summed E-state index contributed by atoms with van der Waals surface area (Å²) >= 11 is 0. The second kappa shape index (κ2) is 6.08. The van der Waals surface area contributed by atoms with E-state index < -0.39 is 8.32 Å². The molecule has 0 spiro atoms. The highest BCUT2D eigenvalue weighted by Crippen LogP contribution is 2.17. The van der Waals surface area contributed by atoms with Crippen LogP contribution in [0.15, 0.2) is 30.3 Å². The zero-order chi connectivity index (χ0) is 11.1. The van der Waals surface area contributed by atoms with Crippen LogP contribution in [0, 0.1) is 0 Å². The predicted molar refractivity (Wildman–Crippen MR) is 68.9 cm³/mol. The fourth-order valence-corrected chi connectivity index (χ4v) is 5.45. The van der Waals surface area contributed by atoms with Gasteiger partial charge < -0.3 is 4.80 Å². The van der Waals surface area contributed by atoms with Gasteiger partial charge in [0.25, 0.3) is 0 Å². The van der Waals surface area contributed by atoms with Crippen molar-refractivity contribution in [2.24, 2.45) is 0 Å². The average molecular weight is 222 g/mol. The van der Waals surface area contributed by atoms with Gasteiger partial charge >= 0.3 is 0 Å². The van der Waals surface area contributed by atoms with Gasteiger partial charge in [-0.05, 0) is 17.3 Å². The fourth-order valence-electron chi connectivity index (χ4n) is 2.04. The summed E-state index contributed by atoms with van der Waals surface area (Å²) < 4.78 is 0. The van der Waals surface area contributed by atoms with Crippen LogP contribution in [-0.2, 0) is 0 Å². The van der Waals surface area contributed by atoms with E-state index in [-0.39, 0.29) is 0 Å². The molecule has 15 heavy (non-hydrogen) atoms. The minimum absolute atomic E-state index is 0.997. The third kappa shape index (κ3) is 3.47. The number of hydrogen-bond donors (Lipinski definition) is 1. The topological polar surface area (TPSA) is 20.2 Å². The molecule has 0 bridgehead atoms. The summed E-state index contributed by atoms with van der Waals surface area (Å²) in [6, 6.07) is 12.3. The molecule has 1 atom stereocenters. The second-order valence-corrected chi connectivity index (χ2v) is 7.89. The molecule has 1 aromatic carbocycles. The highest BCUT2D eigenvalue weighted by molar-refractivity contribution is 6.85. The van der Waals surface area contributed by atoms with Crippen molar-refractivity contribution in [3.05, 3.63) is 30.3 Å². The minimum atomic E-state index is -2.15. The molecule has 0 aliphatic heterocycles. The first-order valence-electron chi connectivity index (χ1n) is 6.01. The van der Waals surface area contributed by atoms with Gasteiger partial charge in [0.15, 0.2) is 0 Å². The Hall–Kier alpha value is -0.603. The van der Waals surface area contributed by atoms with Crippen molar-refractivity contribution in [2.45, 2.75) is 45.2 Å². The van der Waals surface area contributed by atoms with Gasteiger partial charge in [-0.25, -0.2) is 0 Å². The van der Waals surface area contributed by atoms with Crippen LogP contribution in [0.3, 0.4) is 0 Å². The average Bonchev–Trinajstić information content (AvgIpc) is 2.28. The van der Waals surface area contributed by atoms with Gasteiger partial charge in [-0.3, -0.25) is 0 Å². The lowest BCUT2D eigenvalue weighted by atomic mass is 10.4. The highest BCUT2D eigenvalue weighted by atomic mass is 28.4. The third-order valence-corrected chi connectivity index (χ3v) is 6.83. The summed E-state index contributed by atoms with van der Waals surface area (Å²) in [5.74, 6) is 0. The molecule has 0 saturated heterocycles. The summed E-state index contributed by atoms with van der Waals surface area (Å²) in [6.45, 7) is 4.35. The normalized spacial score (nSPS) is 14.9.